The van der Waals surface area contributed by atoms with E-state index in [1.807, 2.05) is 12.1 Å². The number of aromatic nitrogens is 1. The molecule has 0 bridgehead atoms. The van der Waals surface area contributed by atoms with Crippen LogP contribution in [0.4, 0.5) is 5.69 Å². The van der Waals surface area contributed by atoms with Crippen LogP contribution in [0.3, 0.4) is 0 Å². The number of nitrogens with one attached hydrogen (secondary N) is 2. The van der Waals surface area contributed by atoms with Gasteiger partial charge >= 0.3 is 0 Å². The number of hydrogen-bond donors (Lipinski definition) is 2. The van der Waals surface area contributed by atoms with Gasteiger partial charge in [-0.3, -0.25) is 0 Å². The molecule has 0 atom stereocenters. The Balaban J connectivity index is 1.28. The lowest BCUT2D eigenvalue weighted by molar-refractivity contribution is 0.221. The van der Waals surface area contributed by atoms with Crippen LogP contribution in [0.5, 0.6) is 11.5 Å². The van der Waals surface area contributed by atoms with Gasteiger partial charge in [0.15, 0.2) is 11.5 Å². The van der Waals surface area contributed by atoms with Crippen LogP contribution in [0, 0.1) is 0 Å². The van der Waals surface area contributed by atoms with Crippen molar-refractivity contribution in [1.29, 1.82) is 0 Å². The van der Waals surface area contributed by atoms with E-state index in [0.29, 0.717) is 6.04 Å². The molecule has 2 heterocycles. The van der Waals surface area contributed by atoms with Crippen molar-refractivity contribution in [2.75, 3.05) is 39.2 Å². The van der Waals surface area contributed by atoms with E-state index in [9.17, 15) is 0 Å². The van der Waals surface area contributed by atoms with Crippen molar-refractivity contribution in [2.24, 2.45) is 0 Å². The second-order valence-electron chi connectivity index (χ2n) is 7.44. The average molecular weight is 380 g/mol. The third kappa shape index (κ3) is 4.09. The number of benzene rings is 2. The molecular weight excluding hydrogens is 350 g/mol. The van der Waals surface area contributed by atoms with E-state index in [-0.39, 0.29) is 0 Å². The second-order valence-corrected chi connectivity index (χ2v) is 7.44. The largest absolute Gasteiger partial charge is 0.493 e. The molecule has 0 aliphatic carbocycles. The SMILES string of the molecule is COc1ccc(NC2CCN(CCc3c[nH]c4ccccc34)CC2)cc1OC. The number of piperidine rings is 1. The summed E-state index contributed by atoms with van der Waals surface area (Å²) in [5.41, 5.74) is 3.74. The first-order chi connectivity index (χ1) is 13.8. The molecule has 0 unspecified atom stereocenters. The number of likely N-dealkylation sites (tertiary alicyclic amines) is 1. The Bertz CT molecular complexity index is 913. The lowest BCUT2D eigenvalue weighted by atomic mass is 10.0. The Labute approximate surface area is 166 Å². The fraction of sp³-hybridized carbons (Fsp3) is 0.391. The number of hydrogen-bond acceptors (Lipinski definition) is 4. The van der Waals surface area contributed by atoms with Crippen LogP contribution in [0.2, 0.25) is 0 Å². The molecule has 0 amide bonds. The van der Waals surface area contributed by atoms with Crippen LogP contribution in [0.1, 0.15) is 18.4 Å². The molecule has 1 aliphatic heterocycles. The minimum Gasteiger partial charge on any atom is -0.493 e. The molecule has 3 aromatic rings. The van der Waals surface area contributed by atoms with Gasteiger partial charge in [-0.15, -0.1) is 0 Å². The molecule has 148 valence electrons. The molecule has 2 aromatic carbocycles. The maximum Gasteiger partial charge on any atom is 0.162 e. The van der Waals surface area contributed by atoms with Gasteiger partial charge in [0.1, 0.15) is 0 Å². The molecule has 5 nitrogen and oxygen atoms in total. The molecule has 28 heavy (non-hydrogen) atoms. The second kappa shape index (κ2) is 8.57. The number of fused-ring (bicyclic) bond motifs is 1. The van der Waals surface area contributed by atoms with Crippen LogP contribution < -0.4 is 14.8 Å². The zero-order valence-corrected chi connectivity index (χ0v) is 16.7. The Morgan fingerprint density at radius 3 is 2.61 bits per heavy atom. The number of ether oxygens (including phenoxy) is 2. The molecule has 0 saturated carbocycles. The molecule has 2 N–H and O–H groups in total. The number of methoxy groups -OCH3 is 2. The van der Waals surface area contributed by atoms with Gasteiger partial charge in [0, 0.05) is 54.5 Å². The number of rotatable bonds is 7. The molecule has 1 fully saturated rings. The van der Waals surface area contributed by atoms with Crippen molar-refractivity contribution in [3.63, 3.8) is 0 Å². The van der Waals surface area contributed by atoms with E-state index < -0.39 is 0 Å². The van der Waals surface area contributed by atoms with E-state index >= 15 is 0 Å². The standard InChI is InChI=1S/C23H29N3O2/c1-27-22-8-7-19(15-23(22)28-2)25-18-10-13-26(14-11-18)12-9-17-16-24-21-6-4-3-5-20(17)21/h3-8,15-16,18,24-25H,9-14H2,1-2H3. The van der Waals surface area contributed by atoms with Crippen molar-refractivity contribution in [3.8, 4) is 11.5 Å². The lowest BCUT2D eigenvalue weighted by Gasteiger charge is -2.33. The lowest BCUT2D eigenvalue weighted by Crippen LogP contribution is -2.40. The zero-order valence-electron chi connectivity index (χ0n) is 16.7. The summed E-state index contributed by atoms with van der Waals surface area (Å²) in [6.45, 7) is 3.38. The molecule has 0 radical (unpaired) electrons. The molecule has 0 spiro atoms. The normalized spacial score (nSPS) is 15.6. The van der Waals surface area contributed by atoms with Crippen molar-refractivity contribution in [3.05, 3.63) is 54.2 Å². The Morgan fingerprint density at radius 1 is 1.04 bits per heavy atom. The van der Waals surface area contributed by atoms with Gasteiger partial charge in [0.05, 0.1) is 14.2 Å². The Morgan fingerprint density at radius 2 is 1.82 bits per heavy atom. The van der Waals surface area contributed by atoms with Gasteiger partial charge in [-0.25, -0.2) is 0 Å². The number of anilines is 1. The van der Waals surface area contributed by atoms with Crippen LogP contribution >= 0.6 is 0 Å². The molecule has 1 aromatic heterocycles. The van der Waals surface area contributed by atoms with Crippen LogP contribution in [-0.4, -0.2) is 49.8 Å². The third-order valence-electron chi connectivity index (χ3n) is 5.71. The van der Waals surface area contributed by atoms with Gasteiger partial charge in [0.25, 0.3) is 0 Å². The van der Waals surface area contributed by atoms with Crippen molar-refractivity contribution >= 4 is 16.6 Å². The fourth-order valence-corrected chi connectivity index (χ4v) is 4.08. The summed E-state index contributed by atoms with van der Waals surface area (Å²) in [6, 6.07) is 15.1. The van der Waals surface area contributed by atoms with Crippen LogP contribution in [-0.2, 0) is 6.42 Å². The summed E-state index contributed by atoms with van der Waals surface area (Å²) in [4.78, 5) is 5.96. The monoisotopic (exact) mass is 379 g/mol. The number of H-pyrrole nitrogens is 1. The maximum atomic E-state index is 5.41. The summed E-state index contributed by atoms with van der Waals surface area (Å²) in [7, 11) is 3.34. The summed E-state index contributed by atoms with van der Waals surface area (Å²) >= 11 is 0. The van der Waals surface area contributed by atoms with Gasteiger partial charge in [-0.2, -0.15) is 0 Å². The van der Waals surface area contributed by atoms with E-state index in [0.717, 1.165) is 56.1 Å². The fourth-order valence-electron chi connectivity index (χ4n) is 4.08. The summed E-state index contributed by atoms with van der Waals surface area (Å²) in [5, 5.41) is 5.01. The quantitative estimate of drug-likeness (QED) is 0.642. The first-order valence-corrected chi connectivity index (χ1v) is 10.0. The minimum atomic E-state index is 0.502. The molecule has 1 aliphatic rings. The molecule has 5 heteroatoms. The Hall–Kier alpha value is -2.66. The zero-order chi connectivity index (χ0) is 19.3. The van der Waals surface area contributed by atoms with Crippen LogP contribution in [0.25, 0.3) is 10.9 Å². The van der Waals surface area contributed by atoms with Crippen molar-refractivity contribution in [2.45, 2.75) is 25.3 Å². The summed E-state index contributed by atoms with van der Waals surface area (Å²) in [5.74, 6) is 1.53. The first-order valence-electron chi connectivity index (χ1n) is 10.0. The van der Waals surface area contributed by atoms with Gasteiger partial charge in [0.2, 0.25) is 0 Å². The maximum absolute atomic E-state index is 5.41. The average Bonchev–Trinajstić information content (AvgIpc) is 3.16. The topological polar surface area (TPSA) is 49.5 Å². The Kier molecular flexibility index (Phi) is 5.72. The molecule has 4 rings (SSSR count). The number of aromatic amines is 1. The number of nitrogens with zero attached hydrogens (tertiary/aromatic N) is 1. The predicted molar refractivity (Wildman–Crippen MR) is 115 cm³/mol. The summed E-state index contributed by atoms with van der Waals surface area (Å²) in [6.07, 6.45) is 5.57. The predicted octanol–water partition coefficient (Wildman–Crippen LogP) is 4.30. The molecular formula is C23H29N3O2. The summed E-state index contributed by atoms with van der Waals surface area (Å²) < 4.78 is 10.7. The highest BCUT2D eigenvalue weighted by Gasteiger charge is 2.19. The minimum absolute atomic E-state index is 0.502. The van der Waals surface area contributed by atoms with E-state index in [1.54, 1.807) is 14.2 Å². The van der Waals surface area contributed by atoms with Gasteiger partial charge in [-0.1, -0.05) is 18.2 Å². The van der Waals surface area contributed by atoms with Crippen LogP contribution in [0.15, 0.2) is 48.7 Å². The van der Waals surface area contributed by atoms with Gasteiger partial charge < -0.3 is 24.7 Å². The third-order valence-corrected chi connectivity index (χ3v) is 5.71. The highest BCUT2D eigenvalue weighted by molar-refractivity contribution is 5.83. The van der Waals surface area contributed by atoms with E-state index in [4.69, 9.17) is 9.47 Å². The van der Waals surface area contributed by atoms with Gasteiger partial charge in [-0.05, 0) is 43.0 Å². The highest BCUT2D eigenvalue weighted by Crippen LogP contribution is 2.30. The smallest absolute Gasteiger partial charge is 0.162 e. The van der Waals surface area contributed by atoms with E-state index in [2.05, 4.69) is 51.7 Å². The highest BCUT2D eigenvalue weighted by atomic mass is 16.5. The van der Waals surface area contributed by atoms with E-state index in [1.165, 1.54) is 16.5 Å². The van der Waals surface area contributed by atoms with Crippen molar-refractivity contribution in [1.82, 2.24) is 9.88 Å². The molecule has 1 saturated heterocycles. The first kappa shape index (κ1) is 18.7. The van der Waals surface area contributed by atoms with Crippen molar-refractivity contribution < 1.29 is 9.47 Å². The number of para-hydroxylation sites is 1.